The largest absolute Gasteiger partial charge is 0.495 e. The number of nitrogens with zero attached hydrogens (tertiary/aromatic N) is 3. The fourth-order valence-electron chi connectivity index (χ4n) is 6.57. The molecule has 0 aromatic heterocycles. The summed E-state index contributed by atoms with van der Waals surface area (Å²) in [5, 5.41) is 1.44. The molecule has 3 saturated heterocycles. The van der Waals surface area contributed by atoms with Crippen molar-refractivity contribution in [2.45, 2.75) is 95.7 Å². The lowest BCUT2D eigenvalue weighted by Crippen LogP contribution is -2.49. The number of ether oxygens (including phenoxy) is 5. The Labute approximate surface area is 285 Å². The first-order valence-corrected chi connectivity index (χ1v) is 16.3. The number of carbonyl (C=O) groups excluding carboxylic acids is 4. The van der Waals surface area contributed by atoms with E-state index in [1.807, 2.05) is 44.2 Å². The molecule has 4 heterocycles. The normalized spacial score (nSPS) is 34.0. The molecule has 3 fully saturated rings. The molecule has 3 amide bonds. The quantitative estimate of drug-likeness (QED) is 0.327. The fourth-order valence-corrected chi connectivity index (χ4v) is 6.88. The topological polar surface area (TPSA) is 140 Å². The Morgan fingerprint density at radius 3 is 2.56 bits per heavy atom. The van der Waals surface area contributed by atoms with Gasteiger partial charge in [0.2, 0.25) is 17.5 Å². The molecular weight excluding hydrogens is 646 g/mol. The van der Waals surface area contributed by atoms with E-state index in [0.29, 0.717) is 17.9 Å². The first-order chi connectivity index (χ1) is 22.6. The highest BCUT2D eigenvalue weighted by Crippen LogP contribution is 2.53. The molecule has 5 rings (SSSR count). The van der Waals surface area contributed by atoms with Gasteiger partial charge in [0, 0.05) is 40.5 Å². The summed E-state index contributed by atoms with van der Waals surface area (Å²) in [5.41, 5.74) is 0.0629. The Morgan fingerprint density at radius 1 is 1.21 bits per heavy atom. The third-order valence-corrected chi connectivity index (χ3v) is 10.4. The molecule has 14 heteroatoms. The highest BCUT2D eigenvalue weighted by molar-refractivity contribution is 6.35. The van der Waals surface area contributed by atoms with Crippen molar-refractivity contribution in [3.63, 3.8) is 0 Å². The van der Waals surface area contributed by atoms with Crippen LogP contribution in [0.1, 0.15) is 53.0 Å². The summed E-state index contributed by atoms with van der Waals surface area (Å²) < 4.78 is 29.4. The Kier molecular flexibility index (Phi) is 9.91. The van der Waals surface area contributed by atoms with Gasteiger partial charge in [-0.05, 0) is 44.9 Å². The Bertz CT molecular complexity index is 1550. The molecule has 1 aromatic carbocycles. The summed E-state index contributed by atoms with van der Waals surface area (Å²) in [5.74, 6) is -1.41. The zero-order chi connectivity index (χ0) is 35.3. The number of hydrogen-bond acceptors (Lipinski definition) is 10. The second kappa shape index (κ2) is 13.3. The van der Waals surface area contributed by atoms with Crippen LogP contribution >= 0.6 is 11.6 Å². The number of fused-ring (bicyclic) bond motifs is 4. The van der Waals surface area contributed by atoms with Crippen LogP contribution in [0, 0.1) is 5.92 Å². The molecule has 0 radical (unpaired) electrons. The van der Waals surface area contributed by atoms with Crippen molar-refractivity contribution < 1.29 is 47.7 Å². The molecular formula is C34H44ClN3O10. The molecule has 1 spiro atoms. The minimum atomic E-state index is -1.13. The smallest absolute Gasteiger partial charge is 0.437 e. The van der Waals surface area contributed by atoms with Gasteiger partial charge in [-0.3, -0.25) is 9.59 Å². The molecule has 0 N–H and O–H groups in total. The van der Waals surface area contributed by atoms with E-state index in [2.05, 4.69) is 0 Å². The zero-order valence-electron chi connectivity index (χ0n) is 28.8. The number of esters is 1. The number of likely N-dealkylation sites (N-methyl/N-ethyl adjacent to an activating group) is 1. The number of anilines is 1. The number of halogens is 1. The van der Waals surface area contributed by atoms with Crippen molar-refractivity contribution in [1.82, 2.24) is 9.96 Å². The van der Waals surface area contributed by atoms with Crippen LogP contribution in [0.25, 0.3) is 0 Å². The van der Waals surface area contributed by atoms with Gasteiger partial charge >= 0.3 is 12.1 Å². The standard InChI is InChI=1S/C34H44ClN3O10/c1-18-11-10-12-26(44-9)34-17-25(45-32(42)38(34)48-34)19(2)30-33(5,47-30)27(46-31(41)20(3)36(6)21(4)39)16-28(40)37(7)23-14-22(13-18)15-24(43-8)29(23)35/h10-12,14-15,19-20,25-27,30H,13,16-17H2,1-9H3/b12-10+,18-11+/t19-,20+,25?,26-,27+,30+,33+,34+,38?/m1/s1. The summed E-state index contributed by atoms with van der Waals surface area (Å²) in [7, 11) is 6.14. The highest BCUT2D eigenvalue weighted by Gasteiger charge is 2.71. The van der Waals surface area contributed by atoms with E-state index >= 15 is 0 Å². The average molecular weight is 690 g/mol. The van der Waals surface area contributed by atoms with Crippen LogP contribution in [0.5, 0.6) is 5.75 Å². The lowest BCUT2D eigenvalue weighted by molar-refractivity contribution is -0.161. The number of epoxide rings is 1. The minimum absolute atomic E-state index is 0.250. The number of amides is 3. The van der Waals surface area contributed by atoms with Gasteiger partial charge in [-0.15, -0.1) is 5.06 Å². The maximum Gasteiger partial charge on any atom is 0.437 e. The fraction of sp³-hybridized carbons (Fsp3) is 0.588. The van der Waals surface area contributed by atoms with E-state index in [9.17, 15) is 19.2 Å². The van der Waals surface area contributed by atoms with Crippen LogP contribution in [0.3, 0.4) is 0 Å². The van der Waals surface area contributed by atoms with Crippen LogP contribution in [-0.2, 0) is 44.6 Å². The third-order valence-electron chi connectivity index (χ3n) is 9.98. The molecule has 13 nitrogen and oxygen atoms in total. The summed E-state index contributed by atoms with van der Waals surface area (Å²) in [4.78, 5) is 60.9. The van der Waals surface area contributed by atoms with E-state index in [4.69, 9.17) is 40.1 Å². The van der Waals surface area contributed by atoms with Gasteiger partial charge in [-0.2, -0.15) is 0 Å². The molecule has 1 aromatic rings. The molecule has 4 aliphatic rings. The number of carbonyl (C=O) groups is 4. The zero-order valence-corrected chi connectivity index (χ0v) is 29.5. The summed E-state index contributed by atoms with van der Waals surface area (Å²) in [6.07, 6.45) is 2.67. The monoisotopic (exact) mass is 689 g/mol. The van der Waals surface area contributed by atoms with Gasteiger partial charge in [-0.25, -0.2) is 14.4 Å². The van der Waals surface area contributed by atoms with Crippen molar-refractivity contribution in [2.75, 3.05) is 33.2 Å². The lowest BCUT2D eigenvalue weighted by Gasteiger charge is -2.32. The number of hydrogen-bond donors (Lipinski definition) is 0. The average Bonchev–Trinajstić information content (AvgIpc) is 3.96. The van der Waals surface area contributed by atoms with E-state index in [0.717, 1.165) is 11.1 Å². The molecule has 4 bridgehead atoms. The summed E-state index contributed by atoms with van der Waals surface area (Å²) in [6, 6.07) is 2.72. The van der Waals surface area contributed by atoms with Crippen molar-refractivity contribution in [3.05, 3.63) is 46.5 Å². The Balaban J connectivity index is 1.55. The van der Waals surface area contributed by atoms with Crippen LogP contribution in [0.15, 0.2) is 35.9 Å². The van der Waals surface area contributed by atoms with Crippen LogP contribution in [-0.4, -0.2) is 104 Å². The van der Waals surface area contributed by atoms with Gasteiger partial charge in [0.15, 0.2) is 0 Å². The first kappa shape index (κ1) is 35.7. The highest BCUT2D eigenvalue weighted by atomic mass is 35.5. The molecule has 8 atom stereocenters. The lowest BCUT2D eigenvalue weighted by atomic mass is 9.84. The Morgan fingerprint density at radius 2 is 1.92 bits per heavy atom. The van der Waals surface area contributed by atoms with Gasteiger partial charge < -0.3 is 33.5 Å². The minimum Gasteiger partial charge on any atom is -0.495 e. The number of rotatable bonds is 5. The Hall–Kier alpha value is -3.65. The van der Waals surface area contributed by atoms with E-state index < -0.39 is 65.7 Å². The maximum atomic E-state index is 14.0. The van der Waals surface area contributed by atoms with Crippen molar-refractivity contribution in [1.29, 1.82) is 0 Å². The van der Waals surface area contributed by atoms with Crippen molar-refractivity contribution in [3.8, 4) is 5.75 Å². The molecule has 1 unspecified atom stereocenters. The first-order valence-electron chi connectivity index (χ1n) is 15.9. The molecule has 4 aliphatic heterocycles. The second-order valence-corrected chi connectivity index (χ2v) is 13.6. The van der Waals surface area contributed by atoms with Gasteiger partial charge in [0.05, 0.1) is 25.3 Å². The number of benzene rings is 1. The van der Waals surface area contributed by atoms with Gasteiger partial charge in [-0.1, -0.05) is 42.3 Å². The molecule has 262 valence electrons. The van der Waals surface area contributed by atoms with E-state index in [1.165, 1.54) is 35.9 Å². The number of allylic oxidation sites excluding steroid dienone is 3. The SMILES string of the molecule is COc1cc2cc(c1Cl)N(C)C(=O)C[C@H](OC(=O)[C@H](C)N(C)C(C)=O)[C@]1(C)O[C@H]1[C@H](C)C1C[C@]3(ON3C(=O)O1)[C@H](OC)/C=C/C=C(\C)C2. The van der Waals surface area contributed by atoms with E-state index in [-0.39, 0.29) is 23.8 Å². The number of methoxy groups -OCH3 is 2. The van der Waals surface area contributed by atoms with Crippen molar-refractivity contribution >= 4 is 41.2 Å². The predicted octanol–water partition coefficient (Wildman–Crippen LogP) is 4.20. The van der Waals surface area contributed by atoms with Gasteiger partial charge in [0.25, 0.3) is 0 Å². The van der Waals surface area contributed by atoms with E-state index in [1.54, 1.807) is 28.0 Å². The second-order valence-electron chi connectivity index (χ2n) is 13.2. The summed E-state index contributed by atoms with van der Waals surface area (Å²) in [6.45, 7) is 8.50. The van der Waals surface area contributed by atoms with Crippen LogP contribution < -0.4 is 9.64 Å². The maximum absolute atomic E-state index is 14.0. The molecule has 48 heavy (non-hydrogen) atoms. The molecule has 0 saturated carbocycles. The van der Waals surface area contributed by atoms with Gasteiger partial charge in [0.1, 0.15) is 40.7 Å². The third kappa shape index (κ3) is 6.52. The number of hydroxylamine groups is 2. The predicted molar refractivity (Wildman–Crippen MR) is 174 cm³/mol. The van der Waals surface area contributed by atoms with Crippen LogP contribution in [0.2, 0.25) is 5.02 Å². The van der Waals surface area contributed by atoms with Crippen molar-refractivity contribution in [2.24, 2.45) is 5.92 Å². The van der Waals surface area contributed by atoms with Crippen LogP contribution in [0.4, 0.5) is 10.5 Å². The molecule has 0 aliphatic carbocycles. The summed E-state index contributed by atoms with van der Waals surface area (Å²) >= 11 is 6.73.